The maximum atomic E-state index is 12.6. The fourth-order valence-electron chi connectivity index (χ4n) is 6.25. The van der Waals surface area contributed by atoms with Gasteiger partial charge < -0.3 is 69.0 Å². The molecule has 25 nitrogen and oxygen atoms in total. The fraction of sp³-hybridized carbons (Fsp3) is 0.703. The summed E-state index contributed by atoms with van der Waals surface area (Å²) in [5.41, 5.74) is 4.04. The third kappa shape index (κ3) is 20.3. The molecule has 0 aliphatic carbocycles. The molecule has 0 radical (unpaired) electrons. The molecule has 7 atom stereocenters. The Morgan fingerprint density at radius 1 is 0.955 bits per heavy atom. The van der Waals surface area contributed by atoms with Crippen molar-refractivity contribution in [3.8, 4) is 0 Å². The van der Waals surface area contributed by atoms with Crippen LogP contribution in [0.5, 0.6) is 0 Å². The first-order valence-electron chi connectivity index (χ1n) is 21.1. The Hall–Kier alpha value is -3.03. The molecule has 0 spiro atoms. The summed E-state index contributed by atoms with van der Waals surface area (Å²) in [5.74, 6) is -1.53. The number of aromatic nitrogens is 4. The number of fused-ring (bicyclic) bond motifs is 1. The number of Topliss-reactive ketones (excluding diaryl/α,β-unsaturated/α-hetero) is 1. The van der Waals surface area contributed by atoms with Crippen LogP contribution in [-0.4, -0.2) is 109 Å². The van der Waals surface area contributed by atoms with Crippen molar-refractivity contribution in [3.05, 3.63) is 24.8 Å². The molecule has 1 aliphatic rings. The highest BCUT2D eigenvalue weighted by Crippen LogP contribution is 2.56. The molecule has 0 saturated carbocycles. The van der Waals surface area contributed by atoms with Crippen molar-refractivity contribution in [1.29, 1.82) is 0 Å². The van der Waals surface area contributed by atoms with Gasteiger partial charge >= 0.3 is 0 Å². The first kappa shape index (κ1) is 57.3. The molecule has 1 fully saturated rings. The number of ketones is 1. The number of ether oxygens (including phenoxy) is 1. The molecule has 2 unspecified atom stereocenters. The number of imidazole rings is 1. The zero-order valence-corrected chi connectivity index (χ0v) is 40.3. The highest BCUT2D eigenvalue weighted by Gasteiger charge is 2.47. The van der Waals surface area contributed by atoms with Gasteiger partial charge in [0.05, 0.1) is 33.8 Å². The van der Waals surface area contributed by atoms with Gasteiger partial charge in [0.2, 0.25) is 11.8 Å². The quantitative estimate of drug-likeness (QED) is 0.0289. The minimum Gasteiger partial charge on any atom is -0.790 e. The van der Waals surface area contributed by atoms with E-state index < -0.39 is 84.6 Å². The second-order valence-electron chi connectivity index (χ2n) is 15.8. The van der Waals surface area contributed by atoms with Crippen LogP contribution in [0.4, 0.5) is 5.82 Å². The number of amides is 2. The van der Waals surface area contributed by atoms with Crippen LogP contribution in [0.3, 0.4) is 0 Å². The molecule has 29 heteroatoms. The highest BCUT2D eigenvalue weighted by molar-refractivity contribution is 8.13. The maximum Gasteiger partial charge on any atom is 0.274 e. The second kappa shape index (κ2) is 27.2. The number of aliphatic hydroxyl groups is 2. The number of hydrogen-bond acceptors (Lipinski definition) is 23. The number of nitrogen functional groups attached to an aromatic ring is 1. The third-order valence-electron chi connectivity index (χ3n) is 9.80. The minimum atomic E-state index is -5.93. The van der Waals surface area contributed by atoms with Crippen molar-refractivity contribution in [2.75, 3.05) is 37.8 Å². The van der Waals surface area contributed by atoms with Crippen LogP contribution in [0.15, 0.2) is 24.8 Å². The predicted molar refractivity (Wildman–Crippen MR) is 229 cm³/mol. The van der Waals surface area contributed by atoms with E-state index in [1.807, 2.05) is 0 Å². The molecule has 66 heavy (non-hydrogen) atoms. The first-order chi connectivity index (χ1) is 30.9. The number of phosphoric ester groups is 3. The summed E-state index contributed by atoms with van der Waals surface area (Å²) >= 11 is 0.919. The summed E-state index contributed by atoms with van der Waals surface area (Å²) in [4.78, 5) is 109. The molecule has 2 aromatic heterocycles. The zero-order chi connectivity index (χ0) is 49.1. The molecule has 2 aromatic rings. The Bertz CT molecular complexity index is 2090. The van der Waals surface area contributed by atoms with Crippen LogP contribution >= 0.6 is 35.2 Å². The Labute approximate surface area is 385 Å². The van der Waals surface area contributed by atoms with Crippen LogP contribution in [0, 0.1) is 5.41 Å². The van der Waals surface area contributed by atoms with Gasteiger partial charge in [0.1, 0.15) is 42.0 Å². The predicted octanol–water partition coefficient (Wildman–Crippen LogP) is 0.573. The first-order valence-corrected chi connectivity index (χ1v) is 26.5. The molecule has 6 N–H and O–H groups in total. The molecule has 1 aliphatic heterocycles. The van der Waals surface area contributed by atoms with E-state index in [9.17, 15) is 62.7 Å². The number of hydrogen-bond donors (Lipinski definition) is 5. The van der Waals surface area contributed by atoms with Gasteiger partial charge in [-0.05, 0) is 25.7 Å². The van der Waals surface area contributed by atoms with E-state index in [-0.39, 0.29) is 59.6 Å². The van der Waals surface area contributed by atoms with E-state index in [1.54, 1.807) is 0 Å². The molecule has 1 saturated heterocycles. The summed E-state index contributed by atoms with van der Waals surface area (Å²) in [6.45, 7) is 2.10. The van der Waals surface area contributed by atoms with Gasteiger partial charge in [0.25, 0.3) is 15.6 Å². The highest BCUT2D eigenvalue weighted by atomic mass is 32.2. The van der Waals surface area contributed by atoms with Gasteiger partial charge in [-0.1, -0.05) is 76.8 Å². The molecular formula is C37H58N7O18P3S-4. The van der Waals surface area contributed by atoms with E-state index in [4.69, 9.17) is 10.5 Å². The lowest BCUT2D eigenvalue weighted by atomic mass is 9.87. The monoisotopic (exact) mass is 1010 g/mol. The fourth-order valence-corrected chi connectivity index (χ4v) is 9.68. The Morgan fingerprint density at radius 2 is 1.62 bits per heavy atom. The number of rotatable bonds is 32. The van der Waals surface area contributed by atoms with Crippen LogP contribution < -0.4 is 35.9 Å². The zero-order valence-electron chi connectivity index (χ0n) is 36.8. The van der Waals surface area contributed by atoms with Gasteiger partial charge in [-0.3, -0.25) is 32.9 Å². The molecule has 2 amide bonds. The topological polar surface area (TPSA) is 392 Å². The summed E-state index contributed by atoms with van der Waals surface area (Å²) in [6.07, 6.45) is 6.40. The number of phosphoric acid groups is 3. The molecular weight excluding hydrogens is 955 g/mol. The van der Waals surface area contributed by atoms with Crippen molar-refractivity contribution in [3.63, 3.8) is 0 Å². The Morgan fingerprint density at radius 3 is 2.32 bits per heavy atom. The molecule has 0 bridgehead atoms. The van der Waals surface area contributed by atoms with E-state index in [2.05, 4.69) is 62.5 Å². The number of carbonyl (C=O) groups is 4. The number of unbranched alkanes of at least 4 members (excludes halogenated alkanes) is 7. The van der Waals surface area contributed by atoms with E-state index in [0.717, 1.165) is 73.9 Å². The number of allylic oxidation sites excluding steroid dienone is 2. The van der Waals surface area contributed by atoms with Gasteiger partial charge in [-0.25, -0.2) is 19.3 Å². The maximum absolute atomic E-state index is 12.6. The number of nitrogens with one attached hydrogen (secondary N) is 2. The molecule has 3 rings (SSSR count). The van der Waals surface area contributed by atoms with Crippen molar-refractivity contribution in [2.24, 2.45) is 5.41 Å². The van der Waals surface area contributed by atoms with E-state index >= 15 is 0 Å². The smallest absolute Gasteiger partial charge is 0.274 e. The summed E-state index contributed by atoms with van der Waals surface area (Å²) in [7, 11) is -17.6. The minimum absolute atomic E-state index is 0.0265. The second-order valence-corrected chi connectivity index (χ2v) is 21.1. The lowest BCUT2D eigenvalue weighted by Crippen LogP contribution is -2.46. The van der Waals surface area contributed by atoms with Crippen LogP contribution in [0.25, 0.3) is 11.2 Å². The summed E-state index contributed by atoms with van der Waals surface area (Å²) in [6, 6.07) is 0. The van der Waals surface area contributed by atoms with Gasteiger partial charge in [0.15, 0.2) is 22.8 Å². The number of nitrogens with zero attached hydrogens (tertiary/aromatic N) is 4. The summed E-state index contributed by atoms with van der Waals surface area (Å²) in [5, 5.41) is 26.0. The normalized spacial score (nSPS) is 20.3. The number of aliphatic hydroxyl groups excluding tert-OH is 2. The standard InChI is InChI=1S/C37H62N7O18P3S/c1-4-5-6-7-8-9-10-11-12-13-14-15-25(45)20-28(47)66-19-18-39-27(46)16-17-40-35(50)32(49)37(2,3)22-59-65(56,57)62-64(54,55)58-21-26-31(61-63(51,52)53)30(48)36(60-26)44-24-43-29-33(38)41-23-42-34(29)44/h7-8,23-24,26,30-32,36,48-49H,4-6,9-22H2,1-3H3,(H,39,46)(H,40,50)(H,54,55)(H,56,57)(H2,38,41,42)(H2,51,52,53)/p-4/b8-7-/t26-,30-,31-,32+,36-/m1/s1. The number of anilines is 1. The SMILES string of the molecule is CCCC/C=C\CCCCCCCC(=O)CC(=O)SCCNC(=O)CCNC(=O)[C@H](O)C(C)(C)COP(=O)([O-])OP(=O)([O-])OC[C@H]1O[C@@H](n2cnc3c(N)ncnc32)[C@H](O)[C@@H]1OP(=O)([O-])[O-]. The number of thioether (sulfide) groups is 1. The van der Waals surface area contributed by atoms with Gasteiger partial charge in [-0.15, -0.1) is 0 Å². The van der Waals surface area contributed by atoms with Gasteiger partial charge in [-0.2, -0.15) is 0 Å². The average Bonchev–Trinajstić information content (AvgIpc) is 3.79. The number of carbonyl (C=O) groups excluding carboxylic acids is 4. The van der Waals surface area contributed by atoms with E-state index in [1.165, 1.54) is 26.7 Å². The van der Waals surface area contributed by atoms with Crippen LogP contribution in [0.2, 0.25) is 0 Å². The molecule has 0 aromatic carbocycles. The van der Waals surface area contributed by atoms with Crippen molar-refractivity contribution >= 4 is 74.9 Å². The third-order valence-corrected chi connectivity index (χ3v) is 13.7. The van der Waals surface area contributed by atoms with Gasteiger partial charge in [0, 0.05) is 37.1 Å². The molecule has 3 heterocycles. The number of nitrogens with two attached hydrogens (primary N) is 1. The average molecular weight is 1010 g/mol. The van der Waals surface area contributed by atoms with E-state index in [0.29, 0.717) is 6.42 Å². The van der Waals surface area contributed by atoms with Crippen LogP contribution in [-0.2, 0) is 55.5 Å². The molecule has 374 valence electrons. The van der Waals surface area contributed by atoms with Crippen molar-refractivity contribution in [2.45, 2.75) is 128 Å². The Kier molecular flexibility index (Phi) is 23.6. The largest absolute Gasteiger partial charge is 0.790 e. The Balaban J connectivity index is 1.34. The lowest BCUT2D eigenvalue weighted by molar-refractivity contribution is -0.347. The summed E-state index contributed by atoms with van der Waals surface area (Å²) < 4.78 is 60.7. The van der Waals surface area contributed by atoms with Crippen LogP contribution in [0.1, 0.15) is 104 Å². The van der Waals surface area contributed by atoms with Crippen molar-refractivity contribution < 1.29 is 85.3 Å². The van der Waals surface area contributed by atoms with Crippen molar-refractivity contribution in [1.82, 2.24) is 30.2 Å². The lowest BCUT2D eigenvalue weighted by Gasteiger charge is -2.36.